The summed E-state index contributed by atoms with van der Waals surface area (Å²) in [4.78, 5) is 28.4. The zero-order chi connectivity index (χ0) is 20.5. The first-order chi connectivity index (χ1) is 13.4. The minimum atomic E-state index is -0.0717. The average molecular weight is 391 g/mol. The summed E-state index contributed by atoms with van der Waals surface area (Å²) in [7, 11) is 3.44. The number of benzene rings is 1. The minimum absolute atomic E-state index is 0.0709. The summed E-state index contributed by atoms with van der Waals surface area (Å²) >= 11 is 0. The van der Waals surface area contributed by atoms with Crippen LogP contribution in [0, 0.1) is 0 Å². The fourth-order valence-corrected chi connectivity index (χ4v) is 3.52. The molecule has 1 saturated heterocycles. The summed E-state index contributed by atoms with van der Waals surface area (Å²) in [5.74, 6) is 0.685. The monoisotopic (exact) mass is 390 g/mol. The number of carbonyl (C=O) groups is 2. The topological polar surface area (TPSA) is 73.9 Å². The van der Waals surface area contributed by atoms with Crippen molar-refractivity contribution in [2.24, 2.45) is 0 Å². The molecule has 1 aliphatic heterocycles. The van der Waals surface area contributed by atoms with Crippen molar-refractivity contribution >= 4 is 11.8 Å². The first-order valence-corrected chi connectivity index (χ1v) is 10.0. The molecule has 1 fully saturated rings. The lowest BCUT2D eigenvalue weighted by molar-refractivity contribution is -0.124. The largest absolute Gasteiger partial charge is 0.497 e. The van der Waals surface area contributed by atoms with Crippen LogP contribution in [0.4, 0.5) is 0 Å². The SMILES string of the molecule is COc1ccc([C@@H](CNC(=O)CN(C)CC(=O)NC(C)C)N2CCCC2)cc1. The first kappa shape index (κ1) is 22.2. The lowest BCUT2D eigenvalue weighted by Gasteiger charge is -2.28. The highest BCUT2D eigenvalue weighted by molar-refractivity contribution is 5.81. The van der Waals surface area contributed by atoms with E-state index in [1.54, 1.807) is 19.1 Å². The predicted octanol–water partition coefficient (Wildman–Crippen LogP) is 1.40. The Hall–Kier alpha value is -2.12. The van der Waals surface area contributed by atoms with Gasteiger partial charge in [-0.2, -0.15) is 0 Å². The van der Waals surface area contributed by atoms with Crippen molar-refractivity contribution in [3.63, 3.8) is 0 Å². The van der Waals surface area contributed by atoms with Gasteiger partial charge in [-0.1, -0.05) is 12.1 Å². The highest BCUT2D eigenvalue weighted by atomic mass is 16.5. The Labute approximate surface area is 168 Å². The average Bonchev–Trinajstić information content (AvgIpc) is 3.15. The first-order valence-electron chi connectivity index (χ1n) is 10.0. The molecule has 2 amide bonds. The molecule has 0 saturated carbocycles. The molecule has 0 unspecified atom stereocenters. The van der Waals surface area contributed by atoms with Gasteiger partial charge in [0.05, 0.1) is 26.2 Å². The van der Waals surface area contributed by atoms with Crippen molar-refractivity contribution in [3.05, 3.63) is 29.8 Å². The van der Waals surface area contributed by atoms with Crippen LogP contribution in [-0.2, 0) is 9.59 Å². The molecule has 7 heteroatoms. The van der Waals surface area contributed by atoms with Crippen LogP contribution in [0.1, 0.15) is 38.3 Å². The number of methoxy groups -OCH3 is 1. The lowest BCUT2D eigenvalue weighted by atomic mass is 10.1. The van der Waals surface area contributed by atoms with Crippen molar-refractivity contribution < 1.29 is 14.3 Å². The fraction of sp³-hybridized carbons (Fsp3) is 0.619. The molecule has 7 nitrogen and oxygen atoms in total. The Bertz CT molecular complexity index is 627. The van der Waals surface area contributed by atoms with E-state index in [-0.39, 0.29) is 37.0 Å². The maximum Gasteiger partial charge on any atom is 0.234 e. The Kier molecular flexibility index (Phi) is 8.73. The highest BCUT2D eigenvalue weighted by Gasteiger charge is 2.24. The number of amides is 2. The van der Waals surface area contributed by atoms with Gasteiger partial charge in [0, 0.05) is 12.6 Å². The zero-order valence-corrected chi connectivity index (χ0v) is 17.5. The van der Waals surface area contributed by atoms with Gasteiger partial charge in [-0.25, -0.2) is 0 Å². The molecule has 1 aromatic rings. The number of carbonyl (C=O) groups excluding carboxylic acids is 2. The van der Waals surface area contributed by atoms with Crippen LogP contribution in [0.3, 0.4) is 0 Å². The molecule has 0 spiro atoms. The van der Waals surface area contributed by atoms with Crippen LogP contribution >= 0.6 is 0 Å². The summed E-state index contributed by atoms with van der Waals surface area (Å²) in [6.07, 6.45) is 2.38. The van der Waals surface area contributed by atoms with Gasteiger partial charge in [0.25, 0.3) is 0 Å². The van der Waals surface area contributed by atoms with Crippen LogP contribution < -0.4 is 15.4 Å². The van der Waals surface area contributed by atoms with Gasteiger partial charge in [-0.15, -0.1) is 0 Å². The molecule has 0 radical (unpaired) electrons. The summed E-state index contributed by atoms with van der Waals surface area (Å²) < 4.78 is 5.25. The number of nitrogens with one attached hydrogen (secondary N) is 2. The van der Waals surface area contributed by atoms with Crippen molar-refractivity contribution in [2.75, 3.05) is 46.9 Å². The number of likely N-dealkylation sites (tertiary alicyclic amines) is 1. The third-order valence-electron chi connectivity index (χ3n) is 4.85. The normalized spacial score (nSPS) is 15.6. The molecule has 156 valence electrons. The van der Waals surface area contributed by atoms with E-state index < -0.39 is 0 Å². The van der Waals surface area contributed by atoms with Crippen LogP contribution in [0.15, 0.2) is 24.3 Å². The predicted molar refractivity (Wildman–Crippen MR) is 110 cm³/mol. The van der Waals surface area contributed by atoms with Crippen LogP contribution in [0.2, 0.25) is 0 Å². The van der Waals surface area contributed by atoms with Crippen molar-refractivity contribution in [3.8, 4) is 5.75 Å². The molecule has 1 aliphatic rings. The van der Waals surface area contributed by atoms with Crippen molar-refractivity contribution in [2.45, 2.75) is 38.8 Å². The number of rotatable bonds is 10. The molecular formula is C21H34N4O3. The van der Waals surface area contributed by atoms with E-state index >= 15 is 0 Å². The second kappa shape index (κ2) is 11.0. The van der Waals surface area contributed by atoms with E-state index in [0.717, 1.165) is 18.8 Å². The minimum Gasteiger partial charge on any atom is -0.497 e. The number of ether oxygens (including phenoxy) is 1. The van der Waals surface area contributed by atoms with E-state index in [1.807, 2.05) is 26.0 Å². The number of likely N-dealkylation sites (N-methyl/N-ethyl adjacent to an activating group) is 1. The van der Waals surface area contributed by atoms with Gasteiger partial charge < -0.3 is 15.4 Å². The summed E-state index contributed by atoms with van der Waals surface area (Å²) in [6.45, 7) is 6.88. The van der Waals surface area contributed by atoms with Crippen molar-refractivity contribution in [1.82, 2.24) is 20.4 Å². The van der Waals surface area contributed by atoms with E-state index in [0.29, 0.717) is 6.54 Å². The molecule has 2 rings (SSSR count). The summed E-state index contributed by atoms with van der Waals surface area (Å²) in [5.41, 5.74) is 1.17. The highest BCUT2D eigenvalue weighted by Crippen LogP contribution is 2.26. The van der Waals surface area contributed by atoms with Gasteiger partial charge in [0.1, 0.15) is 5.75 Å². The second-order valence-electron chi connectivity index (χ2n) is 7.73. The van der Waals surface area contributed by atoms with E-state index in [1.165, 1.54) is 18.4 Å². The number of hydrogen-bond donors (Lipinski definition) is 2. The third kappa shape index (κ3) is 7.13. The van der Waals surface area contributed by atoms with E-state index in [4.69, 9.17) is 4.74 Å². The fourth-order valence-electron chi connectivity index (χ4n) is 3.52. The zero-order valence-electron chi connectivity index (χ0n) is 17.5. The molecule has 28 heavy (non-hydrogen) atoms. The summed E-state index contributed by atoms with van der Waals surface area (Å²) in [6, 6.07) is 8.29. The van der Waals surface area contributed by atoms with Gasteiger partial charge in [0.2, 0.25) is 11.8 Å². The Morgan fingerprint density at radius 2 is 1.71 bits per heavy atom. The molecule has 1 heterocycles. The van der Waals surface area contributed by atoms with Gasteiger partial charge in [-0.05, 0) is 64.5 Å². The molecule has 2 N–H and O–H groups in total. The van der Waals surface area contributed by atoms with E-state index in [2.05, 4.69) is 27.7 Å². The maximum atomic E-state index is 12.4. The molecule has 0 aliphatic carbocycles. The Morgan fingerprint density at radius 1 is 1.11 bits per heavy atom. The Morgan fingerprint density at radius 3 is 2.29 bits per heavy atom. The van der Waals surface area contributed by atoms with Gasteiger partial charge >= 0.3 is 0 Å². The number of nitrogens with zero attached hydrogens (tertiary/aromatic N) is 2. The van der Waals surface area contributed by atoms with Gasteiger partial charge in [-0.3, -0.25) is 19.4 Å². The second-order valence-corrected chi connectivity index (χ2v) is 7.73. The lowest BCUT2D eigenvalue weighted by Crippen LogP contribution is -2.44. The molecule has 0 aromatic heterocycles. The third-order valence-corrected chi connectivity index (χ3v) is 4.85. The summed E-state index contributed by atoms with van der Waals surface area (Å²) in [5, 5.41) is 5.88. The van der Waals surface area contributed by atoms with Crippen molar-refractivity contribution in [1.29, 1.82) is 0 Å². The van der Waals surface area contributed by atoms with Gasteiger partial charge in [0.15, 0.2) is 0 Å². The molecular weight excluding hydrogens is 356 g/mol. The quantitative estimate of drug-likeness (QED) is 0.632. The smallest absolute Gasteiger partial charge is 0.234 e. The molecule has 0 bridgehead atoms. The van der Waals surface area contributed by atoms with Crippen LogP contribution in [0.5, 0.6) is 5.75 Å². The standard InChI is InChI=1S/C21H34N4O3/c1-16(2)23-21(27)15-24(3)14-20(26)22-13-19(25-11-5-6-12-25)17-7-9-18(28-4)10-8-17/h7-10,16,19H,5-6,11-15H2,1-4H3,(H,22,26)(H,23,27)/t19-/m1/s1. The Balaban J connectivity index is 1.89. The molecule has 1 aromatic carbocycles. The van der Waals surface area contributed by atoms with E-state index in [9.17, 15) is 9.59 Å². The van der Waals surface area contributed by atoms with Crippen LogP contribution in [-0.4, -0.2) is 74.5 Å². The molecule has 1 atom stereocenters. The maximum absolute atomic E-state index is 12.4. The number of hydrogen-bond acceptors (Lipinski definition) is 5. The van der Waals surface area contributed by atoms with Crippen LogP contribution in [0.25, 0.3) is 0 Å².